The molecule has 0 fully saturated rings. The van der Waals surface area contributed by atoms with Crippen molar-refractivity contribution in [1.29, 1.82) is 0 Å². The van der Waals surface area contributed by atoms with Gasteiger partial charge in [0.05, 0.1) is 11.1 Å². The van der Waals surface area contributed by atoms with Crippen LogP contribution in [0.4, 0.5) is 5.82 Å². The van der Waals surface area contributed by atoms with E-state index >= 15 is 0 Å². The third-order valence-electron chi connectivity index (χ3n) is 4.19. The van der Waals surface area contributed by atoms with Crippen molar-refractivity contribution in [2.75, 3.05) is 5.32 Å². The van der Waals surface area contributed by atoms with E-state index in [-0.39, 0.29) is 29.4 Å². The zero-order valence-corrected chi connectivity index (χ0v) is 14.7. The molecule has 1 aromatic heterocycles. The summed E-state index contributed by atoms with van der Waals surface area (Å²) in [6, 6.07) is 6.85. The largest absolute Gasteiger partial charge is 0.480 e. The Bertz CT molecular complexity index is 898. The quantitative estimate of drug-likeness (QED) is 0.738. The van der Waals surface area contributed by atoms with Gasteiger partial charge in [0.1, 0.15) is 12.6 Å². The molecule has 0 saturated carbocycles. The molecule has 2 N–H and O–H groups in total. The van der Waals surface area contributed by atoms with Crippen molar-refractivity contribution in [3.05, 3.63) is 47.7 Å². The van der Waals surface area contributed by atoms with E-state index in [4.69, 9.17) is 5.11 Å². The Labute approximate surface area is 154 Å². The van der Waals surface area contributed by atoms with Crippen molar-refractivity contribution in [2.45, 2.75) is 26.4 Å². The summed E-state index contributed by atoms with van der Waals surface area (Å²) < 4.78 is 1.16. The molecule has 0 bridgehead atoms. The number of carboxylic acid groups (broad SMARTS) is 1. The number of nitrogens with one attached hydrogen (secondary N) is 1. The summed E-state index contributed by atoms with van der Waals surface area (Å²) in [5.74, 6) is -2.86. The highest BCUT2D eigenvalue weighted by Crippen LogP contribution is 2.27. The average molecular weight is 370 g/mol. The van der Waals surface area contributed by atoms with Gasteiger partial charge in [-0.25, -0.2) is 0 Å². The second kappa shape index (κ2) is 7.02. The Balaban J connectivity index is 1.83. The Morgan fingerprint density at radius 1 is 1.11 bits per heavy atom. The van der Waals surface area contributed by atoms with Gasteiger partial charge in [0, 0.05) is 12.3 Å². The van der Waals surface area contributed by atoms with Gasteiger partial charge in [-0.1, -0.05) is 26.0 Å². The standard InChI is InChI=1S/C18H18N4O5/c1-10(2)15(16(25)19-13-7-8-21(20-13)9-14(23)24)22-17(26)11-5-3-4-6-12(11)18(22)27/h3-8,10,15H,9H2,1-2H3,(H,23,24)(H,19,20,25). The minimum Gasteiger partial charge on any atom is -0.480 e. The molecule has 0 aliphatic carbocycles. The normalized spacial score (nSPS) is 14.4. The number of anilines is 1. The van der Waals surface area contributed by atoms with Crippen LogP contribution in [0.3, 0.4) is 0 Å². The number of rotatable bonds is 6. The van der Waals surface area contributed by atoms with Crippen molar-refractivity contribution in [3.63, 3.8) is 0 Å². The molecule has 0 radical (unpaired) electrons. The van der Waals surface area contributed by atoms with Crippen molar-refractivity contribution >= 4 is 29.5 Å². The number of carbonyl (C=O) groups is 4. The summed E-state index contributed by atoms with van der Waals surface area (Å²) in [6.07, 6.45) is 1.41. The number of carboxylic acids is 1. The fourth-order valence-corrected chi connectivity index (χ4v) is 3.03. The van der Waals surface area contributed by atoms with E-state index in [9.17, 15) is 19.2 Å². The second-order valence-corrected chi connectivity index (χ2v) is 6.50. The van der Waals surface area contributed by atoms with E-state index in [0.717, 1.165) is 9.58 Å². The molecule has 27 heavy (non-hydrogen) atoms. The van der Waals surface area contributed by atoms with Crippen molar-refractivity contribution in [2.24, 2.45) is 5.92 Å². The number of fused-ring (bicyclic) bond motifs is 1. The molecule has 2 heterocycles. The third-order valence-corrected chi connectivity index (χ3v) is 4.19. The molecule has 1 aliphatic heterocycles. The van der Waals surface area contributed by atoms with E-state index in [0.29, 0.717) is 0 Å². The van der Waals surface area contributed by atoms with Gasteiger partial charge in [0.25, 0.3) is 11.8 Å². The number of nitrogens with zero attached hydrogens (tertiary/aromatic N) is 3. The van der Waals surface area contributed by atoms with Gasteiger partial charge in [-0.3, -0.25) is 28.8 Å². The number of amides is 3. The molecule has 1 aliphatic rings. The van der Waals surface area contributed by atoms with E-state index in [1.807, 2.05) is 0 Å². The summed E-state index contributed by atoms with van der Waals surface area (Å²) in [4.78, 5) is 49.8. The monoisotopic (exact) mass is 370 g/mol. The van der Waals surface area contributed by atoms with Gasteiger partial charge in [0.15, 0.2) is 5.82 Å². The van der Waals surface area contributed by atoms with Gasteiger partial charge < -0.3 is 10.4 Å². The molecule has 1 aromatic carbocycles. The number of aliphatic carboxylic acids is 1. The summed E-state index contributed by atoms with van der Waals surface area (Å²) in [7, 11) is 0. The first-order valence-electron chi connectivity index (χ1n) is 8.32. The highest BCUT2D eigenvalue weighted by atomic mass is 16.4. The fourth-order valence-electron chi connectivity index (χ4n) is 3.03. The topological polar surface area (TPSA) is 122 Å². The summed E-state index contributed by atoms with van der Waals surface area (Å²) in [5.41, 5.74) is 0.540. The van der Waals surface area contributed by atoms with E-state index in [1.54, 1.807) is 38.1 Å². The van der Waals surface area contributed by atoms with Gasteiger partial charge in [-0.15, -0.1) is 0 Å². The van der Waals surface area contributed by atoms with E-state index in [1.165, 1.54) is 12.3 Å². The van der Waals surface area contributed by atoms with Crippen LogP contribution in [0, 0.1) is 5.92 Å². The summed E-state index contributed by atoms with van der Waals surface area (Å²) in [6.45, 7) is 3.12. The van der Waals surface area contributed by atoms with Crippen LogP contribution in [-0.2, 0) is 16.1 Å². The van der Waals surface area contributed by atoms with Crippen LogP contribution in [0.25, 0.3) is 0 Å². The third kappa shape index (κ3) is 3.43. The maximum Gasteiger partial charge on any atom is 0.325 e. The fraction of sp³-hybridized carbons (Fsp3) is 0.278. The lowest BCUT2D eigenvalue weighted by Gasteiger charge is -2.28. The van der Waals surface area contributed by atoms with E-state index in [2.05, 4.69) is 10.4 Å². The molecule has 0 saturated heterocycles. The number of aromatic nitrogens is 2. The van der Waals surface area contributed by atoms with Gasteiger partial charge in [-0.2, -0.15) is 5.10 Å². The van der Waals surface area contributed by atoms with Crippen LogP contribution in [0.1, 0.15) is 34.6 Å². The lowest BCUT2D eigenvalue weighted by molar-refractivity contribution is -0.137. The summed E-state index contributed by atoms with van der Waals surface area (Å²) >= 11 is 0. The molecule has 140 valence electrons. The van der Waals surface area contributed by atoms with E-state index < -0.39 is 29.7 Å². The van der Waals surface area contributed by atoms with Gasteiger partial charge >= 0.3 is 5.97 Å². The Kier molecular flexibility index (Phi) is 4.76. The number of imide groups is 1. The van der Waals surface area contributed by atoms with Crippen LogP contribution in [0.15, 0.2) is 36.5 Å². The molecule has 9 heteroatoms. The molecule has 1 unspecified atom stereocenters. The lowest BCUT2D eigenvalue weighted by atomic mass is 10.0. The van der Waals surface area contributed by atoms with Gasteiger partial charge in [0.2, 0.25) is 5.91 Å². The molecule has 1 atom stereocenters. The number of hydrogen-bond donors (Lipinski definition) is 2. The average Bonchev–Trinajstić information content (AvgIpc) is 3.12. The Hall–Kier alpha value is -3.49. The van der Waals surface area contributed by atoms with Crippen LogP contribution in [-0.4, -0.2) is 49.5 Å². The first-order valence-corrected chi connectivity index (χ1v) is 8.32. The molecular formula is C18H18N4O5. The lowest BCUT2D eigenvalue weighted by Crippen LogP contribution is -2.50. The second-order valence-electron chi connectivity index (χ2n) is 6.50. The first kappa shape index (κ1) is 18.3. The maximum atomic E-state index is 12.8. The molecule has 3 amide bonds. The van der Waals surface area contributed by atoms with Crippen LogP contribution in [0.2, 0.25) is 0 Å². The SMILES string of the molecule is CC(C)C(C(=O)Nc1ccn(CC(=O)O)n1)N1C(=O)c2ccccc2C1=O. The molecule has 3 rings (SSSR count). The minimum absolute atomic E-state index is 0.142. The Morgan fingerprint density at radius 3 is 2.22 bits per heavy atom. The van der Waals surface area contributed by atoms with Crippen LogP contribution < -0.4 is 5.32 Å². The highest BCUT2D eigenvalue weighted by molar-refractivity contribution is 6.23. The Morgan fingerprint density at radius 2 is 1.70 bits per heavy atom. The van der Waals surface area contributed by atoms with Crippen LogP contribution in [0.5, 0.6) is 0 Å². The van der Waals surface area contributed by atoms with Crippen molar-refractivity contribution in [3.8, 4) is 0 Å². The highest BCUT2D eigenvalue weighted by Gasteiger charge is 2.43. The predicted octanol–water partition coefficient (Wildman–Crippen LogP) is 1.23. The predicted molar refractivity (Wildman–Crippen MR) is 94.1 cm³/mol. The zero-order chi connectivity index (χ0) is 19.7. The summed E-state index contributed by atoms with van der Waals surface area (Å²) in [5, 5.41) is 15.3. The minimum atomic E-state index is -1.07. The number of carbonyl (C=O) groups excluding carboxylic acids is 3. The molecule has 2 aromatic rings. The van der Waals surface area contributed by atoms with Gasteiger partial charge in [-0.05, 0) is 18.1 Å². The number of benzene rings is 1. The number of hydrogen-bond acceptors (Lipinski definition) is 5. The molecular weight excluding hydrogens is 352 g/mol. The molecule has 0 spiro atoms. The maximum absolute atomic E-state index is 12.8. The smallest absolute Gasteiger partial charge is 0.325 e. The van der Waals surface area contributed by atoms with Crippen molar-refractivity contribution in [1.82, 2.24) is 14.7 Å². The molecule has 9 nitrogen and oxygen atoms in total. The first-order chi connectivity index (χ1) is 12.8. The van der Waals surface area contributed by atoms with Crippen LogP contribution >= 0.6 is 0 Å². The zero-order valence-electron chi connectivity index (χ0n) is 14.7. The van der Waals surface area contributed by atoms with Crippen molar-refractivity contribution < 1.29 is 24.3 Å².